The van der Waals surface area contributed by atoms with E-state index in [2.05, 4.69) is 50.1 Å². The first-order valence-corrected chi connectivity index (χ1v) is 9.62. The summed E-state index contributed by atoms with van der Waals surface area (Å²) in [6.07, 6.45) is 6.40. The van der Waals surface area contributed by atoms with Gasteiger partial charge in [0.15, 0.2) is 0 Å². The molecule has 3 nitrogen and oxygen atoms in total. The van der Waals surface area contributed by atoms with Crippen molar-refractivity contribution in [2.75, 3.05) is 6.61 Å². The molecule has 27 heavy (non-hydrogen) atoms. The predicted molar refractivity (Wildman–Crippen MR) is 108 cm³/mol. The van der Waals surface area contributed by atoms with Gasteiger partial charge in [-0.25, -0.2) is 0 Å². The second-order valence-electron chi connectivity index (χ2n) is 7.69. The molecule has 142 valence electrons. The Balaban J connectivity index is 1.89. The first kappa shape index (κ1) is 19.6. The third-order valence-electron chi connectivity index (χ3n) is 5.26. The smallest absolute Gasteiger partial charge is 0.0854 e. The number of aliphatic hydroxyl groups is 2. The Morgan fingerprint density at radius 1 is 1.15 bits per heavy atom. The van der Waals surface area contributed by atoms with Crippen LogP contribution in [0.4, 0.5) is 0 Å². The number of hydrogen-bond donors (Lipinski definition) is 2. The molecule has 2 aromatic rings. The van der Waals surface area contributed by atoms with Crippen molar-refractivity contribution in [3.8, 4) is 12.3 Å². The summed E-state index contributed by atoms with van der Waals surface area (Å²) in [5, 5.41) is 19.6. The molecular formula is C24H28O3. The van der Waals surface area contributed by atoms with E-state index in [0.717, 1.165) is 17.5 Å². The third-order valence-corrected chi connectivity index (χ3v) is 5.26. The highest BCUT2D eigenvalue weighted by atomic mass is 16.5. The SMILES string of the molecule is C#Cc1ccc(Cc2cc(C3CC(O)CC(CO)O3)ccc2C(C)C)cc1. The maximum absolute atomic E-state index is 10.1. The minimum atomic E-state index is -0.439. The number of terminal acetylenes is 1. The van der Waals surface area contributed by atoms with Gasteiger partial charge < -0.3 is 14.9 Å². The Morgan fingerprint density at radius 2 is 1.89 bits per heavy atom. The molecule has 0 aromatic heterocycles. The maximum atomic E-state index is 10.1. The van der Waals surface area contributed by atoms with Crippen LogP contribution in [0.1, 0.15) is 66.5 Å². The molecule has 3 atom stereocenters. The lowest BCUT2D eigenvalue weighted by atomic mass is 9.88. The third kappa shape index (κ3) is 4.78. The number of benzene rings is 2. The molecule has 1 fully saturated rings. The van der Waals surface area contributed by atoms with Crippen LogP contribution >= 0.6 is 0 Å². The molecule has 0 spiro atoms. The Labute approximate surface area is 162 Å². The zero-order chi connectivity index (χ0) is 19.4. The molecule has 0 aliphatic carbocycles. The average Bonchev–Trinajstić information content (AvgIpc) is 2.67. The minimum absolute atomic E-state index is 0.0635. The van der Waals surface area contributed by atoms with Crippen LogP contribution in [0.3, 0.4) is 0 Å². The van der Waals surface area contributed by atoms with Gasteiger partial charge in [-0.05, 0) is 46.7 Å². The fourth-order valence-corrected chi connectivity index (χ4v) is 3.80. The number of hydrogen-bond acceptors (Lipinski definition) is 3. The van der Waals surface area contributed by atoms with Crippen LogP contribution in [0.5, 0.6) is 0 Å². The van der Waals surface area contributed by atoms with Crippen molar-refractivity contribution in [2.45, 2.75) is 57.3 Å². The summed E-state index contributed by atoms with van der Waals surface area (Å²) in [5.41, 5.74) is 5.74. The fourth-order valence-electron chi connectivity index (χ4n) is 3.80. The van der Waals surface area contributed by atoms with Crippen LogP contribution in [-0.2, 0) is 11.2 Å². The van der Waals surface area contributed by atoms with Gasteiger partial charge in [-0.15, -0.1) is 6.42 Å². The van der Waals surface area contributed by atoms with E-state index in [0.29, 0.717) is 18.8 Å². The highest BCUT2D eigenvalue weighted by molar-refractivity contribution is 5.41. The van der Waals surface area contributed by atoms with Crippen molar-refractivity contribution >= 4 is 0 Å². The largest absolute Gasteiger partial charge is 0.394 e. The van der Waals surface area contributed by atoms with Gasteiger partial charge >= 0.3 is 0 Å². The van der Waals surface area contributed by atoms with E-state index in [1.54, 1.807) is 0 Å². The summed E-state index contributed by atoms with van der Waals surface area (Å²) in [4.78, 5) is 0. The lowest BCUT2D eigenvalue weighted by Gasteiger charge is -2.33. The Morgan fingerprint density at radius 3 is 2.52 bits per heavy atom. The topological polar surface area (TPSA) is 49.7 Å². The normalized spacial score (nSPS) is 22.6. The van der Waals surface area contributed by atoms with Gasteiger partial charge in [-0.3, -0.25) is 0 Å². The van der Waals surface area contributed by atoms with Crippen molar-refractivity contribution in [3.05, 3.63) is 70.3 Å². The average molecular weight is 364 g/mol. The van der Waals surface area contributed by atoms with E-state index in [1.807, 2.05) is 12.1 Å². The van der Waals surface area contributed by atoms with Crippen LogP contribution < -0.4 is 0 Å². The number of aliphatic hydroxyl groups excluding tert-OH is 2. The second-order valence-corrected chi connectivity index (χ2v) is 7.69. The predicted octanol–water partition coefficient (Wildman–Crippen LogP) is 3.96. The summed E-state index contributed by atoms with van der Waals surface area (Å²) in [6, 6.07) is 14.6. The quantitative estimate of drug-likeness (QED) is 0.790. The standard InChI is InChI=1S/C24H28O3/c1-4-17-5-7-18(8-6-17)11-20-12-19(9-10-23(20)16(2)3)24-14-21(26)13-22(15-25)27-24/h1,5-10,12,16,21-22,24-26H,11,13-15H2,2-3H3. The van der Waals surface area contributed by atoms with Crippen molar-refractivity contribution in [3.63, 3.8) is 0 Å². The van der Waals surface area contributed by atoms with Gasteiger partial charge in [0, 0.05) is 18.4 Å². The van der Waals surface area contributed by atoms with Crippen molar-refractivity contribution in [1.82, 2.24) is 0 Å². The molecule has 0 bridgehead atoms. The molecule has 2 N–H and O–H groups in total. The van der Waals surface area contributed by atoms with Gasteiger partial charge in [-0.2, -0.15) is 0 Å². The number of rotatable bonds is 5. The van der Waals surface area contributed by atoms with Gasteiger partial charge in [0.1, 0.15) is 0 Å². The Bertz CT molecular complexity index is 801. The van der Waals surface area contributed by atoms with Gasteiger partial charge in [0.25, 0.3) is 0 Å². The molecule has 0 saturated carbocycles. The first-order chi connectivity index (χ1) is 13.0. The van der Waals surface area contributed by atoms with Gasteiger partial charge in [0.05, 0.1) is 24.9 Å². The van der Waals surface area contributed by atoms with E-state index in [9.17, 15) is 10.2 Å². The Kier molecular flexibility index (Phi) is 6.34. The zero-order valence-corrected chi connectivity index (χ0v) is 16.1. The molecule has 0 amide bonds. The van der Waals surface area contributed by atoms with Crippen molar-refractivity contribution < 1.29 is 14.9 Å². The molecule has 0 radical (unpaired) electrons. The van der Waals surface area contributed by atoms with Gasteiger partial charge in [-0.1, -0.05) is 50.1 Å². The van der Waals surface area contributed by atoms with Gasteiger partial charge in [0.2, 0.25) is 0 Å². The molecular weight excluding hydrogens is 336 g/mol. The lowest BCUT2D eigenvalue weighted by molar-refractivity contribution is -0.113. The lowest BCUT2D eigenvalue weighted by Crippen LogP contribution is -2.33. The van der Waals surface area contributed by atoms with Crippen LogP contribution in [0.2, 0.25) is 0 Å². The molecule has 1 heterocycles. The highest BCUT2D eigenvalue weighted by Gasteiger charge is 2.29. The maximum Gasteiger partial charge on any atom is 0.0854 e. The van der Waals surface area contributed by atoms with Crippen LogP contribution in [0, 0.1) is 12.3 Å². The first-order valence-electron chi connectivity index (χ1n) is 9.62. The van der Waals surface area contributed by atoms with E-state index in [1.165, 1.54) is 16.7 Å². The summed E-state index contributed by atoms with van der Waals surface area (Å²) in [6.45, 7) is 4.33. The van der Waals surface area contributed by atoms with E-state index >= 15 is 0 Å². The van der Waals surface area contributed by atoms with Crippen LogP contribution in [-0.4, -0.2) is 29.0 Å². The zero-order valence-electron chi connectivity index (χ0n) is 16.1. The molecule has 1 aliphatic heterocycles. The fraction of sp³-hybridized carbons (Fsp3) is 0.417. The molecule has 3 unspecified atom stereocenters. The summed E-state index contributed by atoms with van der Waals surface area (Å²) >= 11 is 0. The van der Waals surface area contributed by atoms with E-state index in [4.69, 9.17) is 11.2 Å². The van der Waals surface area contributed by atoms with Crippen LogP contribution in [0.15, 0.2) is 42.5 Å². The molecule has 2 aromatic carbocycles. The summed E-state index contributed by atoms with van der Waals surface area (Å²) in [7, 11) is 0. The number of ether oxygens (including phenoxy) is 1. The highest BCUT2D eigenvalue weighted by Crippen LogP contribution is 2.34. The summed E-state index contributed by atoms with van der Waals surface area (Å²) < 4.78 is 6.00. The van der Waals surface area contributed by atoms with E-state index in [-0.39, 0.29) is 18.8 Å². The van der Waals surface area contributed by atoms with Crippen molar-refractivity contribution in [2.24, 2.45) is 0 Å². The molecule has 1 saturated heterocycles. The molecule has 3 rings (SSSR count). The monoisotopic (exact) mass is 364 g/mol. The minimum Gasteiger partial charge on any atom is -0.394 e. The summed E-state index contributed by atoms with van der Waals surface area (Å²) in [5.74, 6) is 3.07. The van der Waals surface area contributed by atoms with Crippen LogP contribution in [0.25, 0.3) is 0 Å². The molecule has 3 heteroatoms. The second kappa shape index (κ2) is 8.71. The molecule has 1 aliphatic rings. The Hall–Kier alpha value is -2.12. The van der Waals surface area contributed by atoms with E-state index < -0.39 is 6.10 Å². The van der Waals surface area contributed by atoms with Crippen molar-refractivity contribution in [1.29, 1.82) is 0 Å².